The Hall–Kier alpha value is -0.820. The maximum Gasteiger partial charge on any atom is 0.0412 e. The molecule has 0 fully saturated rings. The number of benzene rings is 1. The van der Waals surface area contributed by atoms with Gasteiger partial charge in [-0.25, -0.2) is 0 Å². The van der Waals surface area contributed by atoms with E-state index >= 15 is 0 Å². The van der Waals surface area contributed by atoms with Crippen LogP contribution in [0.15, 0.2) is 29.3 Å². The fourth-order valence-corrected chi connectivity index (χ4v) is 1.08. The minimum Gasteiger partial charge on any atom is -0.293 e. The van der Waals surface area contributed by atoms with Crippen molar-refractivity contribution in [3.05, 3.63) is 34.9 Å². The molecule has 1 rings (SSSR count). The predicted octanol–water partition coefficient (Wildman–Crippen LogP) is 3.17. The summed E-state index contributed by atoms with van der Waals surface area (Å²) in [5.41, 5.74) is 1.07. The molecule has 0 saturated heterocycles. The van der Waals surface area contributed by atoms with Crippen LogP contribution >= 0.6 is 11.6 Å². The van der Waals surface area contributed by atoms with E-state index in [0.29, 0.717) is 0 Å². The Labute approximate surface area is 78.1 Å². The summed E-state index contributed by atoms with van der Waals surface area (Å²) in [5, 5.41) is 0.760. The highest BCUT2D eigenvalue weighted by Crippen LogP contribution is 2.08. The van der Waals surface area contributed by atoms with E-state index in [1.165, 1.54) is 0 Å². The Morgan fingerprint density at radius 3 is 3.00 bits per heavy atom. The second kappa shape index (κ2) is 4.94. The van der Waals surface area contributed by atoms with Gasteiger partial charge in [0, 0.05) is 17.8 Å². The highest BCUT2D eigenvalue weighted by molar-refractivity contribution is 6.30. The normalized spacial score (nSPS) is 10.8. The van der Waals surface area contributed by atoms with E-state index < -0.39 is 0 Å². The molecule has 0 atom stereocenters. The molecule has 0 heterocycles. The van der Waals surface area contributed by atoms with Crippen molar-refractivity contribution in [2.45, 2.75) is 13.3 Å². The molecule has 0 aliphatic heterocycles. The van der Waals surface area contributed by atoms with E-state index in [2.05, 4.69) is 11.9 Å². The molecule has 0 spiro atoms. The van der Waals surface area contributed by atoms with E-state index in [1.807, 2.05) is 30.5 Å². The molecule has 0 saturated carbocycles. The largest absolute Gasteiger partial charge is 0.293 e. The van der Waals surface area contributed by atoms with Gasteiger partial charge in [0.2, 0.25) is 0 Å². The standard InChI is InChI=1S/C10H12ClN/c1-2-6-12-8-9-4-3-5-10(11)7-9/h3-5,7-8H,2,6H2,1H3. The number of rotatable bonds is 3. The predicted molar refractivity (Wildman–Crippen MR) is 54.2 cm³/mol. The highest BCUT2D eigenvalue weighted by Gasteiger charge is 1.88. The van der Waals surface area contributed by atoms with Gasteiger partial charge in [-0.05, 0) is 24.1 Å². The number of hydrogen-bond acceptors (Lipinski definition) is 1. The van der Waals surface area contributed by atoms with Crippen molar-refractivity contribution in [2.75, 3.05) is 6.54 Å². The zero-order chi connectivity index (χ0) is 8.81. The minimum absolute atomic E-state index is 0.760. The Morgan fingerprint density at radius 2 is 2.33 bits per heavy atom. The van der Waals surface area contributed by atoms with E-state index in [-0.39, 0.29) is 0 Å². The van der Waals surface area contributed by atoms with Gasteiger partial charge in [0.15, 0.2) is 0 Å². The molecule has 64 valence electrons. The van der Waals surface area contributed by atoms with E-state index in [1.54, 1.807) is 0 Å². The number of aliphatic imine (C=N–C) groups is 1. The lowest BCUT2D eigenvalue weighted by Gasteiger charge is -1.92. The van der Waals surface area contributed by atoms with Crippen LogP contribution < -0.4 is 0 Å². The summed E-state index contributed by atoms with van der Waals surface area (Å²) in [6.45, 7) is 2.99. The van der Waals surface area contributed by atoms with Gasteiger partial charge in [-0.3, -0.25) is 4.99 Å². The van der Waals surface area contributed by atoms with Gasteiger partial charge in [-0.15, -0.1) is 0 Å². The van der Waals surface area contributed by atoms with Crippen molar-refractivity contribution >= 4 is 17.8 Å². The van der Waals surface area contributed by atoms with E-state index in [9.17, 15) is 0 Å². The summed E-state index contributed by atoms with van der Waals surface area (Å²) in [5.74, 6) is 0. The van der Waals surface area contributed by atoms with Gasteiger partial charge in [-0.1, -0.05) is 30.7 Å². The first kappa shape index (κ1) is 9.27. The zero-order valence-electron chi connectivity index (χ0n) is 7.13. The lowest BCUT2D eigenvalue weighted by molar-refractivity contribution is 0.937. The van der Waals surface area contributed by atoms with Gasteiger partial charge in [-0.2, -0.15) is 0 Å². The lowest BCUT2D eigenvalue weighted by Crippen LogP contribution is -1.82. The highest BCUT2D eigenvalue weighted by atomic mass is 35.5. The molecular weight excluding hydrogens is 170 g/mol. The van der Waals surface area contributed by atoms with Crippen LogP contribution in [0.25, 0.3) is 0 Å². The first-order valence-corrected chi connectivity index (χ1v) is 4.46. The SMILES string of the molecule is CCCN=Cc1cccc(Cl)c1. The Morgan fingerprint density at radius 1 is 1.50 bits per heavy atom. The maximum atomic E-state index is 5.80. The number of hydrogen-bond donors (Lipinski definition) is 0. The Bertz CT molecular complexity index is 268. The molecule has 1 nitrogen and oxygen atoms in total. The van der Waals surface area contributed by atoms with Crippen LogP contribution in [0.2, 0.25) is 5.02 Å². The fraction of sp³-hybridized carbons (Fsp3) is 0.300. The zero-order valence-corrected chi connectivity index (χ0v) is 7.88. The molecule has 0 unspecified atom stereocenters. The molecular formula is C10H12ClN. The van der Waals surface area contributed by atoms with Crippen LogP contribution in [0, 0.1) is 0 Å². The van der Waals surface area contributed by atoms with Crippen molar-refractivity contribution in [2.24, 2.45) is 4.99 Å². The third-order valence-electron chi connectivity index (χ3n) is 1.44. The second-order valence-corrected chi connectivity index (χ2v) is 3.03. The fourth-order valence-electron chi connectivity index (χ4n) is 0.886. The molecule has 0 aromatic heterocycles. The maximum absolute atomic E-state index is 5.80. The van der Waals surface area contributed by atoms with Crippen molar-refractivity contribution in [1.82, 2.24) is 0 Å². The topological polar surface area (TPSA) is 12.4 Å². The molecule has 12 heavy (non-hydrogen) atoms. The van der Waals surface area contributed by atoms with Crippen molar-refractivity contribution in [1.29, 1.82) is 0 Å². The first-order chi connectivity index (χ1) is 5.83. The molecule has 0 aliphatic carbocycles. The van der Waals surface area contributed by atoms with Crippen LogP contribution in [-0.4, -0.2) is 12.8 Å². The van der Waals surface area contributed by atoms with Crippen molar-refractivity contribution in [3.8, 4) is 0 Å². The van der Waals surface area contributed by atoms with Crippen LogP contribution in [-0.2, 0) is 0 Å². The summed E-state index contributed by atoms with van der Waals surface area (Å²) in [6, 6.07) is 7.68. The van der Waals surface area contributed by atoms with Crippen molar-refractivity contribution < 1.29 is 0 Å². The molecule has 2 heteroatoms. The summed E-state index contributed by atoms with van der Waals surface area (Å²) in [7, 11) is 0. The van der Waals surface area contributed by atoms with Crippen molar-refractivity contribution in [3.63, 3.8) is 0 Å². The Kier molecular flexibility index (Phi) is 3.81. The van der Waals surface area contributed by atoms with E-state index in [4.69, 9.17) is 11.6 Å². The van der Waals surface area contributed by atoms with Crippen LogP contribution in [0.3, 0.4) is 0 Å². The summed E-state index contributed by atoms with van der Waals surface area (Å²) in [6.07, 6.45) is 2.94. The molecule has 0 N–H and O–H groups in total. The molecule has 1 aromatic rings. The van der Waals surface area contributed by atoms with Gasteiger partial charge >= 0.3 is 0 Å². The van der Waals surface area contributed by atoms with Gasteiger partial charge in [0.05, 0.1) is 0 Å². The lowest BCUT2D eigenvalue weighted by atomic mass is 10.2. The molecule has 0 radical (unpaired) electrons. The van der Waals surface area contributed by atoms with Gasteiger partial charge < -0.3 is 0 Å². The average molecular weight is 182 g/mol. The third-order valence-corrected chi connectivity index (χ3v) is 1.68. The average Bonchev–Trinajstić information content (AvgIpc) is 2.05. The summed E-state index contributed by atoms with van der Waals surface area (Å²) in [4.78, 5) is 4.22. The van der Waals surface area contributed by atoms with Crippen LogP contribution in [0.4, 0.5) is 0 Å². The first-order valence-electron chi connectivity index (χ1n) is 4.08. The van der Waals surface area contributed by atoms with Crippen LogP contribution in [0.5, 0.6) is 0 Å². The second-order valence-electron chi connectivity index (χ2n) is 2.59. The molecule has 0 bridgehead atoms. The number of halogens is 1. The molecule has 0 amide bonds. The molecule has 0 aliphatic rings. The monoisotopic (exact) mass is 181 g/mol. The summed E-state index contributed by atoms with van der Waals surface area (Å²) < 4.78 is 0. The third kappa shape index (κ3) is 3.05. The van der Waals surface area contributed by atoms with E-state index in [0.717, 1.165) is 23.6 Å². The van der Waals surface area contributed by atoms with Gasteiger partial charge in [0.25, 0.3) is 0 Å². The molecule has 1 aromatic carbocycles. The smallest absolute Gasteiger partial charge is 0.0412 e. The number of nitrogens with zero attached hydrogens (tertiary/aromatic N) is 1. The Balaban J connectivity index is 2.63. The van der Waals surface area contributed by atoms with Gasteiger partial charge in [0.1, 0.15) is 0 Å². The van der Waals surface area contributed by atoms with Crippen LogP contribution in [0.1, 0.15) is 18.9 Å². The summed E-state index contributed by atoms with van der Waals surface area (Å²) >= 11 is 5.80. The minimum atomic E-state index is 0.760. The quantitative estimate of drug-likeness (QED) is 0.636.